The van der Waals surface area contributed by atoms with Gasteiger partial charge >= 0.3 is 12.1 Å². The minimum Gasteiger partial charge on any atom is -0.444 e. The number of nitrogens with one attached hydrogen (secondary N) is 2. The highest BCUT2D eigenvalue weighted by Crippen LogP contribution is 2.12. The number of carbonyl (C=O) groups is 3. The normalized spacial score (nSPS) is 19.1. The summed E-state index contributed by atoms with van der Waals surface area (Å²) in [4.78, 5) is 34.8. The van der Waals surface area contributed by atoms with Crippen molar-refractivity contribution in [1.29, 1.82) is 0 Å². The average Bonchev–Trinajstić information content (AvgIpc) is 2.17. The first-order valence-corrected chi connectivity index (χ1v) is 7.09. The Morgan fingerprint density at radius 2 is 1.95 bits per heavy atom. The van der Waals surface area contributed by atoms with E-state index in [2.05, 4.69) is 10.5 Å². The van der Waals surface area contributed by atoms with Gasteiger partial charge in [-0.15, -0.1) is 0 Å². The van der Waals surface area contributed by atoms with E-state index in [0.29, 0.717) is 4.90 Å². The molecule has 1 saturated heterocycles. The van der Waals surface area contributed by atoms with Crippen LogP contribution in [0.5, 0.6) is 0 Å². The van der Waals surface area contributed by atoms with Crippen molar-refractivity contribution in [3.8, 4) is 0 Å². The third-order valence-corrected chi connectivity index (χ3v) is 2.55. The van der Waals surface area contributed by atoms with Crippen LogP contribution in [-0.2, 0) is 19.7 Å². The largest absolute Gasteiger partial charge is 0.444 e. The number of hydrogen-bond donors (Lipinski definition) is 3. The van der Waals surface area contributed by atoms with Crippen molar-refractivity contribution in [2.45, 2.75) is 32.4 Å². The molecule has 0 aliphatic carbocycles. The van der Waals surface area contributed by atoms with Gasteiger partial charge in [0, 0.05) is 0 Å². The van der Waals surface area contributed by atoms with Gasteiger partial charge in [-0.2, -0.15) is 8.42 Å². The highest BCUT2D eigenvalue weighted by molar-refractivity contribution is 7.87. The number of hydrogen-bond acceptors (Lipinski definition) is 6. The Morgan fingerprint density at radius 3 is 2.35 bits per heavy atom. The Labute approximate surface area is 115 Å². The Bertz CT molecular complexity index is 537. The lowest BCUT2D eigenvalue weighted by Gasteiger charge is -2.36. The fourth-order valence-electron chi connectivity index (χ4n) is 1.34. The van der Waals surface area contributed by atoms with Gasteiger partial charge in [0.05, 0.1) is 6.54 Å². The number of urea groups is 1. The van der Waals surface area contributed by atoms with Crippen LogP contribution in [0.15, 0.2) is 0 Å². The van der Waals surface area contributed by atoms with Gasteiger partial charge in [0.2, 0.25) is 0 Å². The van der Waals surface area contributed by atoms with Crippen LogP contribution in [0.3, 0.4) is 0 Å². The molecular weight excluding hydrogens is 292 g/mol. The number of nitrogens with two attached hydrogens (primary N) is 1. The zero-order valence-corrected chi connectivity index (χ0v) is 12.0. The summed E-state index contributed by atoms with van der Waals surface area (Å²) in [6.07, 6.45) is -0.803. The summed E-state index contributed by atoms with van der Waals surface area (Å²) in [6.45, 7) is 4.79. The first-order chi connectivity index (χ1) is 8.89. The van der Waals surface area contributed by atoms with Gasteiger partial charge in [-0.25, -0.2) is 19.5 Å². The molecule has 1 atom stereocenters. The lowest BCUT2D eigenvalue weighted by molar-refractivity contribution is -0.139. The number of nitrogens with zero attached hydrogens (tertiary/aromatic N) is 1. The van der Waals surface area contributed by atoms with Gasteiger partial charge < -0.3 is 10.1 Å². The molecule has 4 amide bonds. The quantitative estimate of drug-likeness (QED) is 0.536. The molecule has 0 bridgehead atoms. The molecule has 0 aromatic carbocycles. The van der Waals surface area contributed by atoms with E-state index >= 15 is 0 Å². The summed E-state index contributed by atoms with van der Waals surface area (Å²) in [7, 11) is -4.24. The Kier molecular flexibility index (Phi) is 4.24. The fraction of sp³-hybridized carbons (Fsp3) is 0.667. The first-order valence-electron chi connectivity index (χ1n) is 5.54. The molecule has 1 heterocycles. The zero-order valence-electron chi connectivity index (χ0n) is 11.2. The second-order valence-corrected chi connectivity index (χ2v) is 6.39. The van der Waals surface area contributed by atoms with Gasteiger partial charge in [0.1, 0.15) is 11.6 Å². The third-order valence-electron chi connectivity index (χ3n) is 2.09. The number of ether oxygens (including phenoxy) is 1. The van der Waals surface area contributed by atoms with Crippen molar-refractivity contribution >= 4 is 28.2 Å². The molecule has 0 aromatic heterocycles. The van der Waals surface area contributed by atoms with Crippen LogP contribution < -0.4 is 15.2 Å². The molecule has 0 unspecified atom stereocenters. The van der Waals surface area contributed by atoms with Crippen LogP contribution in [0.2, 0.25) is 0 Å². The molecule has 4 N–H and O–H groups in total. The van der Waals surface area contributed by atoms with Crippen LogP contribution in [-0.4, -0.2) is 49.5 Å². The number of carbonyl (C=O) groups excluding carboxylic acids is 3. The molecule has 1 aliphatic heterocycles. The van der Waals surface area contributed by atoms with Crippen LogP contribution in [0.1, 0.15) is 20.8 Å². The summed E-state index contributed by atoms with van der Waals surface area (Å²) in [6, 6.07) is -2.10. The molecule has 1 rings (SSSR count). The Morgan fingerprint density at radius 1 is 1.40 bits per heavy atom. The minimum absolute atomic E-state index is 0.167. The molecule has 10 nitrogen and oxygen atoms in total. The van der Waals surface area contributed by atoms with Crippen LogP contribution in [0.4, 0.5) is 9.59 Å². The smallest absolute Gasteiger partial charge is 0.408 e. The maximum atomic E-state index is 11.5. The lowest BCUT2D eigenvalue weighted by Crippen LogP contribution is -2.67. The molecular formula is C9H16N4O6S. The summed E-state index contributed by atoms with van der Waals surface area (Å²) >= 11 is 0. The van der Waals surface area contributed by atoms with E-state index in [9.17, 15) is 22.8 Å². The van der Waals surface area contributed by atoms with Crippen LogP contribution in [0.25, 0.3) is 0 Å². The van der Waals surface area contributed by atoms with Crippen molar-refractivity contribution in [2.24, 2.45) is 5.14 Å². The highest BCUT2D eigenvalue weighted by atomic mass is 32.2. The van der Waals surface area contributed by atoms with E-state index in [0.717, 1.165) is 0 Å². The molecule has 1 aliphatic rings. The fourth-order valence-corrected chi connectivity index (χ4v) is 1.70. The number of imide groups is 1. The Balaban J connectivity index is 2.48. The molecule has 0 aromatic rings. The van der Waals surface area contributed by atoms with E-state index < -0.39 is 39.9 Å². The standard InChI is InChI=1S/C9H16N4O6S/c1-9(2,3)19-8(16)11-5-4-13(6(5)14)7(15)12-20(10,17)18/h5H,4H2,1-3H3,(H,11,16)(H,12,15)(H2,10,17,18)/t5-/m0/s1. The molecule has 0 radical (unpaired) electrons. The first kappa shape index (κ1) is 16.2. The summed E-state index contributed by atoms with van der Waals surface area (Å²) in [5, 5.41) is 6.85. The van der Waals surface area contributed by atoms with Gasteiger partial charge in [-0.3, -0.25) is 9.69 Å². The summed E-state index contributed by atoms with van der Waals surface area (Å²) < 4.78 is 27.6. The average molecular weight is 308 g/mol. The minimum atomic E-state index is -4.24. The highest BCUT2D eigenvalue weighted by Gasteiger charge is 2.43. The molecule has 20 heavy (non-hydrogen) atoms. The second-order valence-electron chi connectivity index (χ2n) is 5.10. The number of β-lactam (4-membered cyclic amide) rings is 1. The lowest BCUT2D eigenvalue weighted by atomic mass is 10.1. The third kappa shape index (κ3) is 4.66. The Hall–Kier alpha value is -1.88. The number of amides is 4. The zero-order chi connectivity index (χ0) is 15.7. The van der Waals surface area contributed by atoms with Crippen molar-refractivity contribution < 1.29 is 27.5 Å². The molecule has 114 valence electrons. The van der Waals surface area contributed by atoms with E-state index in [1.165, 1.54) is 4.72 Å². The molecule has 11 heteroatoms. The number of likely N-dealkylation sites (tertiary alicyclic amines) is 1. The van der Waals surface area contributed by atoms with E-state index in [4.69, 9.17) is 4.74 Å². The van der Waals surface area contributed by atoms with E-state index in [-0.39, 0.29) is 6.54 Å². The van der Waals surface area contributed by atoms with Gasteiger partial charge in [-0.1, -0.05) is 0 Å². The van der Waals surface area contributed by atoms with Gasteiger partial charge in [0.25, 0.3) is 16.1 Å². The summed E-state index contributed by atoms with van der Waals surface area (Å²) in [5.41, 5.74) is -0.721. The molecule has 1 fully saturated rings. The monoisotopic (exact) mass is 308 g/mol. The van der Waals surface area contributed by atoms with E-state index in [1.54, 1.807) is 20.8 Å². The number of alkyl carbamates (subject to hydrolysis) is 1. The van der Waals surface area contributed by atoms with Crippen LogP contribution in [0, 0.1) is 0 Å². The molecule has 0 spiro atoms. The van der Waals surface area contributed by atoms with Crippen molar-refractivity contribution in [1.82, 2.24) is 14.9 Å². The predicted molar refractivity (Wildman–Crippen MR) is 66.5 cm³/mol. The summed E-state index contributed by atoms with van der Waals surface area (Å²) in [5.74, 6) is -0.753. The number of rotatable bonds is 2. The maximum absolute atomic E-state index is 11.5. The van der Waals surface area contributed by atoms with Crippen molar-refractivity contribution in [3.63, 3.8) is 0 Å². The second kappa shape index (κ2) is 5.25. The SMILES string of the molecule is CC(C)(C)OC(=O)N[C@H]1CN(C(=O)NS(N)(=O)=O)C1=O. The maximum Gasteiger partial charge on any atom is 0.408 e. The molecule has 0 saturated carbocycles. The van der Waals surface area contributed by atoms with Crippen LogP contribution >= 0.6 is 0 Å². The predicted octanol–water partition coefficient (Wildman–Crippen LogP) is -1.36. The van der Waals surface area contributed by atoms with Gasteiger partial charge in [0.15, 0.2) is 0 Å². The van der Waals surface area contributed by atoms with Crippen molar-refractivity contribution in [2.75, 3.05) is 6.54 Å². The van der Waals surface area contributed by atoms with Gasteiger partial charge in [-0.05, 0) is 20.8 Å². The van der Waals surface area contributed by atoms with E-state index in [1.807, 2.05) is 0 Å². The topological polar surface area (TPSA) is 148 Å². The van der Waals surface area contributed by atoms with Crippen molar-refractivity contribution in [3.05, 3.63) is 0 Å².